The Morgan fingerprint density at radius 2 is 0.321 bits per heavy atom. The molecule has 0 fully saturated rings. The highest BCUT2D eigenvalue weighted by molar-refractivity contribution is 5.99. The van der Waals surface area contributed by atoms with Crippen molar-refractivity contribution in [3.8, 4) is 100 Å². The van der Waals surface area contributed by atoms with Crippen molar-refractivity contribution in [1.82, 2.24) is 0 Å². The molecule has 0 saturated carbocycles. The first-order valence-electron chi connectivity index (χ1n) is 25.4. The van der Waals surface area contributed by atoms with E-state index in [2.05, 4.69) is 0 Å². The zero-order valence-electron chi connectivity index (χ0n) is 43.7. The van der Waals surface area contributed by atoms with Gasteiger partial charge < -0.3 is 30.6 Å². The van der Waals surface area contributed by atoms with E-state index in [4.69, 9.17) is 0 Å². The first-order chi connectivity index (χ1) is 38.8. The lowest BCUT2D eigenvalue weighted by Gasteiger charge is -2.25. The maximum atomic E-state index is 12.0. The molecule has 10 aromatic rings. The molecule has 0 spiro atoms. The molecule has 396 valence electrons. The fraction of sp³-hybridized carbons (Fsp3) is 0.0435. The van der Waals surface area contributed by atoms with Gasteiger partial charge in [0.05, 0.1) is 33.4 Å². The summed E-state index contributed by atoms with van der Waals surface area (Å²) in [5.41, 5.74) is 16.7. The summed E-state index contributed by atoms with van der Waals surface area (Å²) in [4.78, 5) is 72.2. The molecule has 0 radical (unpaired) electrons. The minimum atomic E-state index is -1.08. The van der Waals surface area contributed by atoms with Crippen molar-refractivity contribution >= 4 is 35.8 Å². The van der Waals surface area contributed by atoms with E-state index in [1.54, 1.807) is 72.8 Å². The number of hydrogen-bond acceptors (Lipinski definition) is 6. The summed E-state index contributed by atoms with van der Waals surface area (Å²) >= 11 is 0. The molecule has 0 unspecified atom stereocenters. The van der Waals surface area contributed by atoms with Crippen LogP contribution in [-0.2, 0) is 0 Å². The Kier molecular flexibility index (Phi) is 14.4. The second-order valence-electron chi connectivity index (χ2n) is 19.7. The third-order valence-electron chi connectivity index (χ3n) is 14.7. The molecule has 81 heavy (non-hydrogen) atoms. The highest BCUT2D eigenvalue weighted by atomic mass is 16.4. The number of aromatic carboxylic acids is 6. The zero-order valence-corrected chi connectivity index (χ0v) is 43.7. The smallest absolute Gasteiger partial charge is 0.335 e. The van der Waals surface area contributed by atoms with E-state index in [0.29, 0.717) is 33.4 Å². The quantitative estimate of drug-likeness (QED) is 0.0564. The Morgan fingerprint density at radius 3 is 0.444 bits per heavy atom. The van der Waals surface area contributed by atoms with E-state index < -0.39 is 35.8 Å². The van der Waals surface area contributed by atoms with Crippen molar-refractivity contribution in [1.29, 1.82) is 0 Å². The average Bonchev–Trinajstić information content (AvgIpc) is 3.67. The van der Waals surface area contributed by atoms with E-state index in [9.17, 15) is 59.4 Å². The third-order valence-corrected chi connectivity index (χ3v) is 14.7. The van der Waals surface area contributed by atoms with Crippen LogP contribution in [0.25, 0.3) is 100 Å². The summed E-state index contributed by atoms with van der Waals surface area (Å²) in [7, 11) is 0. The van der Waals surface area contributed by atoms with Crippen LogP contribution in [0.5, 0.6) is 0 Å². The monoisotopic (exact) mass is 1070 g/mol. The first-order valence-corrected chi connectivity index (χ1v) is 25.4. The number of hydrogen-bond donors (Lipinski definition) is 6. The first kappa shape index (κ1) is 53.4. The SMILES string of the molecule is Cc1c(-c2cc(-c3ccc(C(=O)O)cc3)cc(-c3ccc(C(=O)O)cc3)c2)c(C)c(-c2cc(-c3ccc(C(=O)O)cc3)cc(-c3ccc(C(=O)O)cc3)c2)c(C)c1-c1cc(-c2ccc(C(=O)O)cc2)cc(-c2ccc(C(=O)O)cc2)c1. The van der Waals surface area contributed by atoms with Crippen LogP contribution in [0.2, 0.25) is 0 Å². The molecule has 0 bridgehead atoms. The average molecular weight is 1070 g/mol. The van der Waals surface area contributed by atoms with Crippen molar-refractivity contribution in [3.63, 3.8) is 0 Å². The largest absolute Gasteiger partial charge is 0.478 e. The Balaban J connectivity index is 1.31. The molecule has 6 N–H and O–H groups in total. The van der Waals surface area contributed by atoms with Crippen molar-refractivity contribution in [2.75, 3.05) is 0 Å². The van der Waals surface area contributed by atoms with E-state index >= 15 is 0 Å². The van der Waals surface area contributed by atoms with Gasteiger partial charge in [0.25, 0.3) is 0 Å². The van der Waals surface area contributed by atoms with Crippen LogP contribution in [0, 0.1) is 20.8 Å². The van der Waals surface area contributed by atoms with E-state index in [1.165, 1.54) is 72.8 Å². The predicted octanol–water partition coefficient (Wildman–Crippen LogP) is 15.8. The van der Waals surface area contributed by atoms with Gasteiger partial charge in [-0.05, 0) is 265 Å². The number of rotatable bonds is 15. The highest BCUT2D eigenvalue weighted by Gasteiger charge is 2.25. The van der Waals surface area contributed by atoms with Crippen molar-refractivity contribution in [2.24, 2.45) is 0 Å². The summed E-state index contributed by atoms with van der Waals surface area (Å²) < 4.78 is 0. The molecule has 12 nitrogen and oxygen atoms in total. The lowest BCUT2D eigenvalue weighted by Crippen LogP contribution is -2.02. The normalized spacial score (nSPS) is 11.0. The van der Waals surface area contributed by atoms with Crippen LogP contribution in [0.4, 0.5) is 0 Å². The molecular formula is C69H48O12. The number of carboxylic acids is 6. The predicted molar refractivity (Wildman–Crippen MR) is 311 cm³/mol. The van der Waals surface area contributed by atoms with Gasteiger partial charge >= 0.3 is 35.8 Å². The van der Waals surface area contributed by atoms with Crippen molar-refractivity contribution in [2.45, 2.75) is 20.8 Å². The second-order valence-corrected chi connectivity index (χ2v) is 19.7. The minimum Gasteiger partial charge on any atom is -0.478 e. The summed E-state index contributed by atoms with van der Waals surface area (Å²) in [6.45, 7) is 6.11. The summed E-state index contributed by atoms with van der Waals surface area (Å²) in [6, 6.07) is 57.4. The van der Waals surface area contributed by atoms with Crippen LogP contribution in [-0.4, -0.2) is 66.5 Å². The summed E-state index contributed by atoms with van der Waals surface area (Å²) in [6.07, 6.45) is 0. The third kappa shape index (κ3) is 10.9. The van der Waals surface area contributed by atoms with Gasteiger partial charge in [-0.15, -0.1) is 0 Å². The Hall–Kier alpha value is -11.0. The number of carboxylic acid groups (broad SMARTS) is 6. The van der Waals surface area contributed by atoms with Crippen molar-refractivity contribution < 1.29 is 59.4 Å². The van der Waals surface area contributed by atoms with Gasteiger partial charge in [-0.3, -0.25) is 0 Å². The van der Waals surface area contributed by atoms with Crippen LogP contribution >= 0.6 is 0 Å². The molecule has 10 rings (SSSR count). The standard InChI is InChI=1S/C69H48O12/c1-37-61(58-31-52(40-4-16-46(17-5-40)64(70)71)28-53(32-58)41-6-18-47(19-7-41)65(72)73)38(2)63(60-35-56(44-12-24-50(25-13-44)68(78)79)30-57(36-60)45-14-26-51(27-15-45)69(80)81)39(3)62(37)59-33-54(42-8-20-48(21-9-42)66(74)75)29-55(34-59)43-10-22-49(23-11-43)67(76)77/h4-36H,1-3H3,(H,70,71)(H,72,73)(H,74,75)(H,76,77)(H,78,79)(H,80,81). The van der Waals surface area contributed by atoms with Crippen LogP contribution in [0.3, 0.4) is 0 Å². The molecule has 0 amide bonds. The fourth-order valence-corrected chi connectivity index (χ4v) is 10.7. The summed E-state index contributed by atoms with van der Waals surface area (Å²) in [5.74, 6) is -6.48. The van der Waals surface area contributed by atoms with Gasteiger partial charge in [-0.2, -0.15) is 0 Å². The molecule has 0 saturated heterocycles. The molecule has 0 aliphatic carbocycles. The molecule has 0 aliphatic rings. The van der Waals surface area contributed by atoms with E-state index in [0.717, 1.165) is 83.5 Å². The van der Waals surface area contributed by atoms with E-state index in [1.807, 2.05) is 75.4 Å². The lowest BCUT2D eigenvalue weighted by molar-refractivity contribution is 0.0686. The van der Waals surface area contributed by atoms with Gasteiger partial charge in [-0.25, -0.2) is 28.8 Å². The Labute approximate surface area is 464 Å². The van der Waals surface area contributed by atoms with E-state index in [-0.39, 0.29) is 33.4 Å². The van der Waals surface area contributed by atoms with Gasteiger partial charge in [0.15, 0.2) is 0 Å². The van der Waals surface area contributed by atoms with Gasteiger partial charge in [0.2, 0.25) is 0 Å². The minimum absolute atomic E-state index is 0.105. The maximum Gasteiger partial charge on any atom is 0.335 e. The van der Waals surface area contributed by atoms with Crippen LogP contribution < -0.4 is 0 Å². The molecule has 0 aliphatic heterocycles. The zero-order chi connectivity index (χ0) is 57.4. The summed E-state index contributed by atoms with van der Waals surface area (Å²) in [5, 5.41) is 59.0. The fourth-order valence-electron chi connectivity index (χ4n) is 10.7. The molecule has 0 atom stereocenters. The number of benzene rings is 10. The molecule has 0 aromatic heterocycles. The lowest BCUT2D eigenvalue weighted by atomic mass is 9.78. The molecular weight excluding hydrogens is 1020 g/mol. The Morgan fingerprint density at radius 1 is 0.198 bits per heavy atom. The molecule has 12 heteroatoms. The molecule has 0 heterocycles. The van der Waals surface area contributed by atoms with Gasteiger partial charge in [0, 0.05) is 0 Å². The second kappa shape index (κ2) is 21.8. The highest BCUT2D eigenvalue weighted by Crippen LogP contribution is 2.48. The van der Waals surface area contributed by atoms with Crippen molar-refractivity contribution in [3.05, 3.63) is 250 Å². The van der Waals surface area contributed by atoms with Crippen LogP contribution in [0.1, 0.15) is 78.8 Å². The topological polar surface area (TPSA) is 224 Å². The Bertz CT molecular complexity index is 3510. The number of carbonyl (C=O) groups is 6. The maximum absolute atomic E-state index is 12.0. The molecule has 10 aromatic carbocycles. The van der Waals surface area contributed by atoms with Gasteiger partial charge in [0.1, 0.15) is 0 Å². The van der Waals surface area contributed by atoms with Gasteiger partial charge in [-0.1, -0.05) is 72.8 Å². The van der Waals surface area contributed by atoms with Crippen LogP contribution in [0.15, 0.2) is 200 Å².